The molecule has 4 nitrogen and oxygen atoms in total. The highest BCUT2D eigenvalue weighted by Crippen LogP contribution is 2.11. The Morgan fingerprint density at radius 1 is 1.54 bits per heavy atom. The summed E-state index contributed by atoms with van der Waals surface area (Å²) < 4.78 is 0. The van der Waals surface area contributed by atoms with Crippen LogP contribution in [0.2, 0.25) is 0 Å². The highest BCUT2D eigenvalue weighted by atomic mass is 16.3. The molecule has 1 atom stereocenters. The van der Waals surface area contributed by atoms with Crippen molar-refractivity contribution in [1.82, 2.24) is 4.90 Å². The number of amides is 1. The minimum Gasteiger partial charge on any atom is -0.393 e. The number of aliphatic hydroxyl groups excluding tert-OH is 1. The molecule has 1 rings (SSSR count). The molecule has 72 valence electrons. The SMILES string of the molecule is N#CCC(=O)N1CCCC(O)CC1. The molecular weight excluding hydrogens is 168 g/mol. The molecule has 1 amide bonds. The van der Waals surface area contributed by atoms with E-state index >= 15 is 0 Å². The van der Waals surface area contributed by atoms with Crippen molar-refractivity contribution in [3.63, 3.8) is 0 Å². The van der Waals surface area contributed by atoms with Crippen LogP contribution in [0.15, 0.2) is 0 Å². The van der Waals surface area contributed by atoms with Crippen LogP contribution in [0.5, 0.6) is 0 Å². The average Bonchev–Trinajstić information content (AvgIpc) is 2.30. The first kappa shape index (κ1) is 10.0. The van der Waals surface area contributed by atoms with Gasteiger partial charge in [0.25, 0.3) is 0 Å². The normalized spacial score (nSPS) is 23.4. The molecule has 0 bridgehead atoms. The van der Waals surface area contributed by atoms with Crippen molar-refractivity contribution in [2.45, 2.75) is 31.8 Å². The second-order valence-corrected chi connectivity index (χ2v) is 3.30. The molecule has 1 fully saturated rings. The lowest BCUT2D eigenvalue weighted by atomic mass is 10.2. The zero-order chi connectivity index (χ0) is 9.68. The smallest absolute Gasteiger partial charge is 0.236 e. The lowest BCUT2D eigenvalue weighted by Gasteiger charge is -2.18. The van der Waals surface area contributed by atoms with E-state index in [4.69, 9.17) is 5.26 Å². The second kappa shape index (κ2) is 4.83. The third-order valence-electron chi connectivity index (χ3n) is 2.28. The number of carbonyl (C=O) groups is 1. The van der Waals surface area contributed by atoms with Gasteiger partial charge in [-0.3, -0.25) is 4.79 Å². The van der Waals surface area contributed by atoms with Crippen LogP contribution in [0.1, 0.15) is 25.7 Å². The Labute approximate surface area is 77.8 Å². The van der Waals surface area contributed by atoms with E-state index in [1.807, 2.05) is 6.07 Å². The van der Waals surface area contributed by atoms with Gasteiger partial charge in [-0.15, -0.1) is 0 Å². The third kappa shape index (κ3) is 3.03. The van der Waals surface area contributed by atoms with Crippen molar-refractivity contribution in [3.05, 3.63) is 0 Å². The van der Waals surface area contributed by atoms with Crippen molar-refractivity contribution in [2.24, 2.45) is 0 Å². The zero-order valence-electron chi connectivity index (χ0n) is 7.57. The molecule has 0 aromatic rings. The van der Waals surface area contributed by atoms with Crippen LogP contribution in [0.25, 0.3) is 0 Å². The standard InChI is InChI=1S/C9H14N2O2/c10-5-3-9(13)11-6-1-2-8(12)4-7-11/h8,12H,1-4,6-7H2. The molecular formula is C9H14N2O2. The van der Waals surface area contributed by atoms with Crippen LogP contribution in [-0.4, -0.2) is 35.1 Å². The maximum absolute atomic E-state index is 11.3. The minimum atomic E-state index is -0.278. The molecule has 13 heavy (non-hydrogen) atoms. The van der Waals surface area contributed by atoms with Crippen molar-refractivity contribution in [3.8, 4) is 6.07 Å². The fourth-order valence-electron chi connectivity index (χ4n) is 1.51. The lowest BCUT2D eigenvalue weighted by molar-refractivity contribution is -0.130. The van der Waals surface area contributed by atoms with Crippen LogP contribution < -0.4 is 0 Å². The maximum Gasteiger partial charge on any atom is 0.236 e. The fourth-order valence-corrected chi connectivity index (χ4v) is 1.51. The Kier molecular flexibility index (Phi) is 3.71. The Hall–Kier alpha value is -1.08. The van der Waals surface area contributed by atoms with Gasteiger partial charge < -0.3 is 10.0 Å². The predicted molar refractivity (Wildman–Crippen MR) is 46.7 cm³/mol. The number of hydrogen-bond acceptors (Lipinski definition) is 3. The molecule has 0 aromatic heterocycles. The van der Waals surface area contributed by atoms with E-state index in [2.05, 4.69) is 0 Å². The Balaban J connectivity index is 2.42. The molecule has 0 aliphatic carbocycles. The fraction of sp³-hybridized carbons (Fsp3) is 0.778. The molecule has 1 aliphatic heterocycles. The molecule has 1 unspecified atom stereocenters. The summed E-state index contributed by atoms with van der Waals surface area (Å²) in [7, 11) is 0. The number of carbonyl (C=O) groups excluding carboxylic acids is 1. The second-order valence-electron chi connectivity index (χ2n) is 3.30. The molecule has 1 heterocycles. The number of nitrogens with zero attached hydrogens (tertiary/aromatic N) is 2. The van der Waals surface area contributed by atoms with Gasteiger partial charge in [-0.25, -0.2) is 0 Å². The summed E-state index contributed by atoms with van der Waals surface area (Å²) in [5.74, 6) is -0.114. The maximum atomic E-state index is 11.3. The van der Waals surface area contributed by atoms with E-state index in [-0.39, 0.29) is 18.4 Å². The zero-order valence-corrected chi connectivity index (χ0v) is 7.57. The van der Waals surface area contributed by atoms with Gasteiger partial charge >= 0.3 is 0 Å². The van der Waals surface area contributed by atoms with E-state index in [0.29, 0.717) is 19.5 Å². The summed E-state index contributed by atoms with van der Waals surface area (Å²) in [6.45, 7) is 1.26. The Morgan fingerprint density at radius 3 is 3.00 bits per heavy atom. The average molecular weight is 182 g/mol. The lowest BCUT2D eigenvalue weighted by Crippen LogP contribution is -2.31. The molecule has 4 heteroatoms. The summed E-state index contributed by atoms with van der Waals surface area (Å²) >= 11 is 0. The number of aliphatic hydroxyl groups is 1. The van der Waals surface area contributed by atoms with Gasteiger partial charge in [-0.05, 0) is 19.3 Å². The van der Waals surface area contributed by atoms with Crippen LogP contribution in [0, 0.1) is 11.3 Å². The summed E-state index contributed by atoms with van der Waals surface area (Å²) in [6.07, 6.45) is 1.90. The first-order chi connectivity index (χ1) is 6.24. The van der Waals surface area contributed by atoms with E-state index in [1.54, 1.807) is 4.90 Å². The summed E-state index contributed by atoms with van der Waals surface area (Å²) in [5.41, 5.74) is 0. The van der Waals surface area contributed by atoms with Gasteiger partial charge in [-0.2, -0.15) is 5.26 Å². The number of rotatable bonds is 1. The van der Waals surface area contributed by atoms with Crippen molar-refractivity contribution >= 4 is 5.91 Å². The highest BCUT2D eigenvalue weighted by Gasteiger charge is 2.18. The predicted octanol–water partition coefficient (Wildman–Crippen LogP) is 0.273. The molecule has 0 aromatic carbocycles. The van der Waals surface area contributed by atoms with Crippen molar-refractivity contribution in [1.29, 1.82) is 5.26 Å². The monoisotopic (exact) mass is 182 g/mol. The first-order valence-electron chi connectivity index (χ1n) is 4.57. The Morgan fingerprint density at radius 2 is 2.31 bits per heavy atom. The minimum absolute atomic E-state index is 0.0455. The highest BCUT2D eigenvalue weighted by molar-refractivity contribution is 5.78. The van der Waals surface area contributed by atoms with Crippen LogP contribution >= 0.6 is 0 Å². The molecule has 0 spiro atoms. The van der Waals surface area contributed by atoms with Crippen molar-refractivity contribution < 1.29 is 9.90 Å². The van der Waals surface area contributed by atoms with E-state index in [0.717, 1.165) is 12.8 Å². The summed E-state index contributed by atoms with van der Waals surface area (Å²) in [5, 5.41) is 17.7. The van der Waals surface area contributed by atoms with Gasteiger partial charge in [-0.1, -0.05) is 0 Å². The molecule has 1 aliphatic rings. The van der Waals surface area contributed by atoms with Crippen LogP contribution in [0.3, 0.4) is 0 Å². The number of likely N-dealkylation sites (tertiary alicyclic amines) is 1. The van der Waals surface area contributed by atoms with Gasteiger partial charge in [0.05, 0.1) is 12.2 Å². The van der Waals surface area contributed by atoms with Gasteiger partial charge in [0, 0.05) is 13.1 Å². The van der Waals surface area contributed by atoms with E-state index in [1.165, 1.54) is 0 Å². The topological polar surface area (TPSA) is 64.3 Å². The number of nitriles is 1. The molecule has 0 saturated carbocycles. The first-order valence-corrected chi connectivity index (χ1v) is 4.57. The summed E-state index contributed by atoms with van der Waals surface area (Å²) in [6, 6.07) is 1.84. The van der Waals surface area contributed by atoms with Gasteiger partial charge in [0.15, 0.2) is 0 Å². The van der Waals surface area contributed by atoms with E-state index < -0.39 is 0 Å². The van der Waals surface area contributed by atoms with E-state index in [9.17, 15) is 9.90 Å². The molecule has 1 saturated heterocycles. The largest absolute Gasteiger partial charge is 0.393 e. The van der Waals surface area contributed by atoms with Crippen LogP contribution in [-0.2, 0) is 4.79 Å². The quantitative estimate of drug-likeness (QED) is 0.633. The van der Waals surface area contributed by atoms with Gasteiger partial charge in [0.1, 0.15) is 6.42 Å². The number of hydrogen-bond donors (Lipinski definition) is 1. The van der Waals surface area contributed by atoms with Crippen LogP contribution in [0.4, 0.5) is 0 Å². The molecule has 0 radical (unpaired) electrons. The van der Waals surface area contributed by atoms with Crippen molar-refractivity contribution in [2.75, 3.05) is 13.1 Å². The van der Waals surface area contributed by atoms with Gasteiger partial charge in [0.2, 0.25) is 5.91 Å². The summed E-state index contributed by atoms with van der Waals surface area (Å²) in [4.78, 5) is 12.9. The molecule has 1 N–H and O–H groups in total. The third-order valence-corrected chi connectivity index (χ3v) is 2.28. The Bertz CT molecular complexity index is 222.